The van der Waals surface area contributed by atoms with Crippen molar-refractivity contribution < 1.29 is 24.2 Å². The number of nitrogens with one attached hydrogen (secondary N) is 1. The molecule has 226 valence electrons. The van der Waals surface area contributed by atoms with Gasteiger partial charge in [-0.25, -0.2) is 9.78 Å². The molecule has 1 aliphatic heterocycles. The van der Waals surface area contributed by atoms with E-state index in [4.69, 9.17) is 4.74 Å². The van der Waals surface area contributed by atoms with Crippen molar-refractivity contribution in [2.45, 2.75) is 112 Å². The first-order chi connectivity index (χ1) is 18.8. The molecule has 0 radical (unpaired) electrons. The van der Waals surface area contributed by atoms with Crippen LogP contribution in [0.5, 0.6) is 0 Å². The van der Waals surface area contributed by atoms with Gasteiger partial charge in [-0.15, -0.1) is 11.3 Å². The summed E-state index contributed by atoms with van der Waals surface area (Å²) in [5, 5.41) is 13.5. The van der Waals surface area contributed by atoms with Gasteiger partial charge in [-0.05, 0) is 65.0 Å². The maximum Gasteiger partial charge on any atom is 0.411 e. The Morgan fingerprint density at radius 3 is 2.20 bits per heavy atom. The minimum Gasteiger partial charge on any atom is -0.444 e. The van der Waals surface area contributed by atoms with Crippen molar-refractivity contribution in [2.24, 2.45) is 5.41 Å². The van der Waals surface area contributed by atoms with E-state index >= 15 is 0 Å². The average Bonchev–Trinajstić information content (AvgIpc) is 3.43. The summed E-state index contributed by atoms with van der Waals surface area (Å²) in [6.07, 6.45) is -1.32. The number of likely N-dealkylation sites (tertiary alicyclic amines) is 1. The first-order valence-electron chi connectivity index (χ1n) is 14.1. The van der Waals surface area contributed by atoms with Crippen LogP contribution in [0.3, 0.4) is 0 Å². The van der Waals surface area contributed by atoms with Crippen LogP contribution in [-0.2, 0) is 20.9 Å². The molecule has 0 saturated carbocycles. The molecule has 2 N–H and O–H groups in total. The average molecular weight is 587 g/mol. The Hall–Kier alpha value is -2.98. The molecule has 10 heteroatoms. The van der Waals surface area contributed by atoms with E-state index in [1.807, 2.05) is 78.2 Å². The molecule has 2 heterocycles. The maximum atomic E-state index is 14.2. The van der Waals surface area contributed by atoms with Crippen molar-refractivity contribution in [1.82, 2.24) is 20.1 Å². The van der Waals surface area contributed by atoms with Gasteiger partial charge in [0.05, 0.1) is 22.2 Å². The van der Waals surface area contributed by atoms with Crippen molar-refractivity contribution >= 4 is 29.2 Å². The Labute approximate surface area is 248 Å². The van der Waals surface area contributed by atoms with Crippen molar-refractivity contribution in [2.75, 3.05) is 6.54 Å². The Bertz CT molecular complexity index is 1240. The molecule has 3 atom stereocenters. The minimum atomic E-state index is -0.930. The van der Waals surface area contributed by atoms with Gasteiger partial charge in [0, 0.05) is 25.0 Å². The van der Waals surface area contributed by atoms with Crippen LogP contribution in [0.15, 0.2) is 29.8 Å². The molecule has 41 heavy (non-hydrogen) atoms. The minimum absolute atomic E-state index is 0.0126. The van der Waals surface area contributed by atoms with Crippen molar-refractivity contribution in [3.05, 3.63) is 41.0 Å². The molecule has 1 saturated heterocycles. The normalized spacial score (nSPS) is 18.7. The standard InChI is InChI=1S/C31H46N4O5S/c1-19-24(41-18-33-19)21-13-11-20(12-14-21)16-32-26(37)23-15-22(36)17-34(23)27(38)25(29(2,3)4)35(30(5,6)7)28(39)40-31(8,9)10/h11-14,18,22-23,25,36H,15-17H2,1-10H3,(H,32,37)/t22-,23+,25-/m1/s1. The number of ether oxygens (including phenoxy) is 1. The van der Waals surface area contributed by atoms with Crippen LogP contribution >= 0.6 is 11.3 Å². The number of carbonyl (C=O) groups is 3. The highest BCUT2D eigenvalue weighted by Gasteiger charge is 2.50. The van der Waals surface area contributed by atoms with Gasteiger partial charge in [-0.2, -0.15) is 0 Å². The highest BCUT2D eigenvalue weighted by molar-refractivity contribution is 7.13. The van der Waals surface area contributed by atoms with Crippen molar-refractivity contribution in [1.29, 1.82) is 0 Å². The van der Waals surface area contributed by atoms with E-state index < -0.39 is 40.8 Å². The number of amides is 3. The third-order valence-electron chi connectivity index (χ3n) is 6.92. The predicted molar refractivity (Wildman–Crippen MR) is 161 cm³/mol. The number of nitrogens with zero attached hydrogens (tertiary/aromatic N) is 3. The molecule has 0 unspecified atom stereocenters. The monoisotopic (exact) mass is 586 g/mol. The van der Waals surface area contributed by atoms with Gasteiger partial charge in [-0.1, -0.05) is 45.0 Å². The van der Waals surface area contributed by atoms with Gasteiger partial charge in [0.25, 0.3) is 0 Å². The van der Waals surface area contributed by atoms with E-state index in [2.05, 4.69) is 10.3 Å². The smallest absolute Gasteiger partial charge is 0.411 e. The summed E-state index contributed by atoms with van der Waals surface area (Å²) in [7, 11) is 0. The third kappa shape index (κ3) is 8.07. The quantitative estimate of drug-likeness (QED) is 0.485. The number of carbonyl (C=O) groups excluding carboxylic acids is 3. The Morgan fingerprint density at radius 2 is 1.71 bits per heavy atom. The van der Waals surface area contributed by atoms with Gasteiger partial charge < -0.3 is 20.1 Å². The summed E-state index contributed by atoms with van der Waals surface area (Å²) in [6, 6.07) is 6.13. The molecular weight excluding hydrogens is 540 g/mol. The lowest BCUT2D eigenvalue weighted by atomic mass is 9.82. The van der Waals surface area contributed by atoms with E-state index in [9.17, 15) is 19.5 Å². The van der Waals surface area contributed by atoms with Crippen molar-refractivity contribution in [3.63, 3.8) is 0 Å². The number of aliphatic hydroxyl groups is 1. The van der Waals surface area contributed by atoms with E-state index in [1.165, 1.54) is 9.80 Å². The topological polar surface area (TPSA) is 112 Å². The number of hydrogen-bond donors (Lipinski definition) is 2. The second-order valence-electron chi connectivity index (χ2n) is 13.9. The fourth-order valence-electron chi connectivity index (χ4n) is 5.07. The van der Waals surface area contributed by atoms with Crippen LogP contribution in [0.1, 0.15) is 80.0 Å². The Morgan fingerprint density at radius 1 is 1.10 bits per heavy atom. The van der Waals surface area contributed by atoms with E-state index in [0.29, 0.717) is 0 Å². The summed E-state index contributed by atoms with van der Waals surface area (Å²) >= 11 is 1.58. The summed E-state index contributed by atoms with van der Waals surface area (Å²) < 4.78 is 5.72. The molecule has 1 aromatic heterocycles. The first-order valence-corrected chi connectivity index (χ1v) is 15.0. The number of thiazole rings is 1. The molecule has 2 aromatic rings. The summed E-state index contributed by atoms with van der Waals surface area (Å²) in [5.74, 6) is -0.733. The number of benzene rings is 1. The number of rotatable bonds is 6. The number of β-amino-alcohol motifs (C(OH)–C–C–N with tert-alkyl or cyclic N) is 1. The summed E-state index contributed by atoms with van der Waals surface area (Å²) in [6.45, 7) is 18.8. The predicted octanol–water partition coefficient (Wildman–Crippen LogP) is 5.15. The lowest BCUT2D eigenvalue weighted by molar-refractivity contribution is -0.148. The third-order valence-corrected chi connectivity index (χ3v) is 7.90. The molecule has 1 fully saturated rings. The van der Waals surface area contributed by atoms with Gasteiger partial charge in [0.15, 0.2) is 0 Å². The van der Waals surface area contributed by atoms with Crippen LogP contribution in [0.2, 0.25) is 0 Å². The lowest BCUT2D eigenvalue weighted by Crippen LogP contribution is -2.64. The SMILES string of the molecule is Cc1ncsc1-c1ccc(CNC(=O)[C@@H]2C[C@@H](O)CN2C(=O)[C@@H](N(C(=O)OC(C)(C)C)C(C)(C)C)C(C)(C)C)cc1. The van der Waals surface area contributed by atoms with Crippen LogP contribution < -0.4 is 5.32 Å². The van der Waals surface area contributed by atoms with Crippen LogP contribution in [0.25, 0.3) is 10.4 Å². The number of aliphatic hydroxyl groups excluding tert-OH is 1. The molecule has 1 aromatic carbocycles. The number of aryl methyl sites for hydroxylation is 1. The zero-order valence-electron chi connectivity index (χ0n) is 26.1. The molecule has 3 amide bonds. The molecule has 9 nitrogen and oxygen atoms in total. The fourth-order valence-corrected chi connectivity index (χ4v) is 5.88. The van der Waals surface area contributed by atoms with E-state index in [-0.39, 0.29) is 31.3 Å². The summed E-state index contributed by atoms with van der Waals surface area (Å²) in [5.41, 5.74) is 2.58. The van der Waals surface area contributed by atoms with Crippen LogP contribution in [0, 0.1) is 12.3 Å². The lowest BCUT2D eigenvalue weighted by Gasteiger charge is -2.47. The second-order valence-corrected chi connectivity index (χ2v) is 14.7. The molecule has 1 aliphatic rings. The van der Waals surface area contributed by atoms with Gasteiger partial charge in [-0.3, -0.25) is 14.5 Å². The molecule has 3 rings (SSSR count). The fraction of sp³-hybridized carbons (Fsp3) is 0.613. The first kappa shape index (κ1) is 32.5. The number of hydrogen-bond acceptors (Lipinski definition) is 7. The van der Waals surface area contributed by atoms with Gasteiger partial charge >= 0.3 is 6.09 Å². The van der Waals surface area contributed by atoms with Gasteiger partial charge in [0.1, 0.15) is 17.7 Å². The van der Waals surface area contributed by atoms with Crippen LogP contribution in [-0.4, -0.2) is 73.7 Å². The largest absolute Gasteiger partial charge is 0.444 e. The zero-order valence-corrected chi connectivity index (χ0v) is 26.9. The Kier molecular flexibility index (Phi) is 9.60. The van der Waals surface area contributed by atoms with E-state index in [0.717, 1.165) is 21.7 Å². The van der Waals surface area contributed by atoms with Crippen molar-refractivity contribution in [3.8, 4) is 10.4 Å². The highest BCUT2D eigenvalue weighted by atomic mass is 32.1. The molecule has 0 bridgehead atoms. The second kappa shape index (κ2) is 12.1. The van der Waals surface area contributed by atoms with Crippen LogP contribution in [0.4, 0.5) is 4.79 Å². The maximum absolute atomic E-state index is 14.2. The molecular formula is C31H46N4O5S. The Balaban J connectivity index is 1.81. The zero-order chi connectivity index (χ0) is 30.9. The molecule has 0 spiro atoms. The van der Waals surface area contributed by atoms with Gasteiger partial charge in [0.2, 0.25) is 11.8 Å². The number of aromatic nitrogens is 1. The summed E-state index contributed by atoms with van der Waals surface area (Å²) in [4.78, 5) is 49.4. The molecule has 0 aliphatic carbocycles. The highest BCUT2D eigenvalue weighted by Crippen LogP contribution is 2.35. The van der Waals surface area contributed by atoms with E-state index in [1.54, 1.807) is 32.1 Å².